The van der Waals surface area contributed by atoms with Crippen molar-refractivity contribution in [2.45, 2.75) is 27.2 Å². The summed E-state index contributed by atoms with van der Waals surface area (Å²) in [6.07, 6.45) is 1.18. The summed E-state index contributed by atoms with van der Waals surface area (Å²) in [5.41, 5.74) is 2.84. The van der Waals surface area contributed by atoms with E-state index in [9.17, 15) is 0 Å². The zero-order valence-electron chi connectivity index (χ0n) is 12.7. The lowest BCUT2D eigenvalue weighted by molar-refractivity contribution is 0.187. The standard InChI is InChI=1S/C17H28N2/c1-14-5-4-6-17(9-14)7-8-19-12-15(2)10-18-11-16(3)13-19/h4-6,9,15-16,18H,7-8,10-13H2,1-3H3. The second kappa shape index (κ2) is 7.06. The highest BCUT2D eigenvalue weighted by molar-refractivity contribution is 5.22. The Hall–Kier alpha value is -0.860. The van der Waals surface area contributed by atoms with Gasteiger partial charge in [-0.25, -0.2) is 0 Å². The number of nitrogens with zero attached hydrogens (tertiary/aromatic N) is 1. The van der Waals surface area contributed by atoms with Gasteiger partial charge in [-0.3, -0.25) is 0 Å². The van der Waals surface area contributed by atoms with Gasteiger partial charge in [-0.1, -0.05) is 43.7 Å². The predicted molar refractivity (Wildman–Crippen MR) is 82.5 cm³/mol. The van der Waals surface area contributed by atoms with Crippen LogP contribution in [0.25, 0.3) is 0 Å². The first-order chi connectivity index (χ1) is 9.13. The van der Waals surface area contributed by atoms with Gasteiger partial charge in [0.1, 0.15) is 0 Å². The fraction of sp³-hybridized carbons (Fsp3) is 0.647. The van der Waals surface area contributed by atoms with Crippen molar-refractivity contribution in [2.75, 3.05) is 32.7 Å². The minimum atomic E-state index is 0.755. The smallest absolute Gasteiger partial charge is 0.00221 e. The lowest BCUT2D eigenvalue weighted by atomic mass is 10.0. The molecule has 0 amide bonds. The molecule has 1 heterocycles. The number of aryl methyl sites for hydroxylation is 1. The van der Waals surface area contributed by atoms with Gasteiger partial charge < -0.3 is 10.2 Å². The fourth-order valence-corrected chi connectivity index (χ4v) is 3.00. The Morgan fingerprint density at radius 3 is 2.47 bits per heavy atom. The maximum Gasteiger partial charge on any atom is 0.00221 e. The maximum atomic E-state index is 3.56. The van der Waals surface area contributed by atoms with Crippen LogP contribution in [0, 0.1) is 18.8 Å². The number of hydrogen-bond donors (Lipinski definition) is 1. The largest absolute Gasteiger partial charge is 0.316 e. The maximum absolute atomic E-state index is 3.56. The van der Waals surface area contributed by atoms with Crippen molar-refractivity contribution in [1.29, 1.82) is 0 Å². The molecule has 1 aromatic carbocycles. The van der Waals surface area contributed by atoms with E-state index in [0.29, 0.717) is 0 Å². The predicted octanol–water partition coefficient (Wildman–Crippen LogP) is 2.71. The summed E-state index contributed by atoms with van der Waals surface area (Å²) >= 11 is 0. The van der Waals surface area contributed by atoms with E-state index in [1.165, 1.54) is 37.2 Å². The second-order valence-corrected chi connectivity index (χ2v) is 6.37. The van der Waals surface area contributed by atoms with E-state index >= 15 is 0 Å². The van der Waals surface area contributed by atoms with Gasteiger partial charge in [0.15, 0.2) is 0 Å². The summed E-state index contributed by atoms with van der Waals surface area (Å²) in [6, 6.07) is 8.92. The molecule has 2 nitrogen and oxygen atoms in total. The van der Waals surface area contributed by atoms with Crippen LogP contribution in [-0.4, -0.2) is 37.6 Å². The van der Waals surface area contributed by atoms with Crippen molar-refractivity contribution in [3.63, 3.8) is 0 Å². The normalized spacial score (nSPS) is 25.8. The molecule has 2 atom stereocenters. The van der Waals surface area contributed by atoms with Crippen molar-refractivity contribution < 1.29 is 0 Å². The molecular formula is C17H28N2. The van der Waals surface area contributed by atoms with E-state index in [4.69, 9.17) is 0 Å². The third-order valence-electron chi connectivity index (χ3n) is 3.92. The molecular weight excluding hydrogens is 232 g/mol. The summed E-state index contributed by atoms with van der Waals surface area (Å²) in [5, 5.41) is 3.56. The molecule has 106 valence electrons. The summed E-state index contributed by atoms with van der Waals surface area (Å²) in [7, 11) is 0. The Bertz CT molecular complexity index is 377. The van der Waals surface area contributed by atoms with Crippen molar-refractivity contribution in [2.24, 2.45) is 11.8 Å². The van der Waals surface area contributed by atoms with E-state index in [-0.39, 0.29) is 0 Å². The van der Waals surface area contributed by atoms with E-state index in [1.807, 2.05) is 0 Å². The summed E-state index contributed by atoms with van der Waals surface area (Å²) in [5.74, 6) is 1.51. The van der Waals surface area contributed by atoms with Gasteiger partial charge in [-0.05, 0) is 43.8 Å². The highest BCUT2D eigenvalue weighted by Crippen LogP contribution is 2.10. The lowest BCUT2D eigenvalue weighted by Crippen LogP contribution is -2.43. The van der Waals surface area contributed by atoms with Crippen LogP contribution >= 0.6 is 0 Å². The van der Waals surface area contributed by atoms with Crippen LogP contribution in [0.15, 0.2) is 24.3 Å². The van der Waals surface area contributed by atoms with Crippen LogP contribution in [0.1, 0.15) is 25.0 Å². The minimum Gasteiger partial charge on any atom is -0.316 e. The summed E-state index contributed by atoms with van der Waals surface area (Å²) in [4.78, 5) is 2.65. The summed E-state index contributed by atoms with van der Waals surface area (Å²) in [6.45, 7) is 12.8. The van der Waals surface area contributed by atoms with Crippen LogP contribution in [0.3, 0.4) is 0 Å². The van der Waals surface area contributed by atoms with Crippen LogP contribution < -0.4 is 5.32 Å². The second-order valence-electron chi connectivity index (χ2n) is 6.37. The van der Waals surface area contributed by atoms with Crippen molar-refractivity contribution in [3.8, 4) is 0 Å². The van der Waals surface area contributed by atoms with Crippen LogP contribution in [-0.2, 0) is 6.42 Å². The van der Waals surface area contributed by atoms with Gasteiger partial charge in [-0.2, -0.15) is 0 Å². The molecule has 2 unspecified atom stereocenters. The van der Waals surface area contributed by atoms with Crippen LogP contribution in [0.5, 0.6) is 0 Å². The number of rotatable bonds is 3. The summed E-state index contributed by atoms with van der Waals surface area (Å²) < 4.78 is 0. The average Bonchev–Trinajstić information content (AvgIpc) is 2.34. The first kappa shape index (κ1) is 14.5. The van der Waals surface area contributed by atoms with E-state index < -0.39 is 0 Å². The molecule has 1 saturated heterocycles. The van der Waals surface area contributed by atoms with E-state index in [2.05, 4.69) is 55.3 Å². The molecule has 0 radical (unpaired) electrons. The Morgan fingerprint density at radius 1 is 1.16 bits per heavy atom. The topological polar surface area (TPSA) is 15.3 Å². The van der Waals surface area contributed by atoms with Gasteiger partial charge in [0.2, 0.25) is 0 Å². The van der Waals surface area contributed by atoms with Gasteiger partial charge in [-0.15, -0.1) is 0 Å². The zero-order valence-corrected chi connectivity index (χ0v) is 12.7. The monoisotopic (exact) mass is 260 g/mol. The van der Waals surface area contributed by atoms with E-state index in [1.54, 1.807) is 0 Å². The molecule has 2 rings (SSSR count). The fourth-order valence-electron chi connectivity index (χ4n) is 3.00. The molecule has 0 saturated carbocycles. The first-order valence-electron chi connectivity index (χ1n) is 7.62. The molecule has 1 aromatic rings. The molecule has 0 spiro atoms. The highest BCUT2D eigenvalue weighted by Gasteiger charge is 2.16. The zero-order chi connectivity index (χ0) is 13.7. The number of benzene rings is 1. The van der Waals surface area contributed by atoms with Crippen molar-refractivity contribution >= 4 is 0 Å². The molecule has 1 aliphatic rings. The van der Waals surface area contributed by atoms with Gasteiger partial charge in [0, 0.05) is 19.6 Å². The first-order valence-corrected chi connectivity index (χ1v) is 7.62. The van der Waals surface area contributed by atoms with Crippen LogP contribution in [0.2, 0.25) is 0 Å². The molecule has 0 bridgehead atoms. The SMILES string of the molecule is Cc1cccc(CCN2CC(C)CNCC(C)C2)c1. The third-order valence-corrected chi connectivity index (χ3v) is 3.92. The molecule has 0 aliphatic carbocycles. The molecule has 1 aliphatic heterocycles. The lowest BCUT2D eigenvalue weighted by Gasteiger charge is -2.31. The Morgan fingerprint density at radius 2 is 1.84 bits per heavy atom. The van der Waals surface area contributed by atoms with Gasteiger partial charge in [0.25, 0.3) is 0 Å². The highest BCUT2D eigenvalue weighted by atomic mass is 15.1. The number of nitrogens with one attached hydrogen (secondary N) is 1. The van der Waals surface area contributed by atoms with Crippen LogP contribution in [0.4, 0.5) is 0 Å². The number of hydrogen-bond acceptors (Lipinski definition) is 2. The molecule has 1 fully saturated rings. The molecule has 0 aromatic heterocycles. The van der Waals surface area contributed by atoms with Gasteiger partial charge >= 0.3 is 0 Å². The Labute approximate surface area is 118 Å². The van der Waals surface area contributed by atoms with Crippen molar-refractivity contribution in [1.82, 2.24) is 10.2 Å². The molecule has 1 N–H and O–H groups in total. The minimum absolute atomic E-state index is 0.755. The Balaban J connectivity index is 1.88. The van der Waals surface area contributed by atoms with Crippen molar-refractivity contribution in [3.05, 3.63) is 35.4 Å². The van der Waals surface area contributed by atoms with E-state index in [0.717, 1.165) is 24.9 Å². The quantitative estimate of drug-likeness (QED) is 0.899. The average molecular weight is 260 g/mol. The van der Waals surface area contributed by atoms with Gasteiger partial charge in [0.05, 0.1) is 0 Å². The molecule has 19 heavy (non-hydrogen) atoms. The Kier molecular flexibility index (Phi) is 5.41. The molecule has 2 heteroatoms. The third kappa shape index (κ3) is 4.96.